The Labute approximate surface area is 213 Å². The minimum absolute atomic E-state index is 0.0297. The van der Waals surface area contributed by atoms with Crippen molar-refractivity contribution in [2.75, 3.05) is 13.7 Å². The second-order valence-corrected chi connectivity index (χ2v) is 10.4. The Morgan fingerprint density at radius 1 is 1.29 bits per heavy atom. The van der Waals surface area contributed by atoms with E-state index < -0.39 is 0 Å². The van der Waals surface area contributed by atoms with Crippen molar-refractivity contribution in [3.8, 4) is 0 Å². The smallest absolute Gasteiger partial charge is 0.305 e. The lowest BCUT2D eigenvalue weighted by Gasteiger charge is -2.38. The molecule has 0 N–H and O–H groups in total. The fourth-order valence-corrected chi connectivity index (χ4v) is 5.45. The van der Waals surface area contributed by atoms with Crippen LogP contribution >= 0.6 is 11.6 Å². The van der Waals surface area contributed by atoms with Gasteiger partial charge >= 0.3 is 5.97 Å². The molecule has 35 heavy (non-hydrogen) atoms. The molecule has 190 valence electrons. The second kappa shape index (κ2) is 12.6. The Hall–Kier alpha value is -2.24. The van der Waals surface area contributed by atoms with Crippen molar-refractivity contribution in [1.29, 1.82) is 0 Å². The summed E-state index contributed by atoms with van der Waals surface area (Å²) in [6.45, 7) is 4.32. The number of allylic oxidation sites excluding steroid dienone is 5. The number of methoxy groups -OCH3 is 1. The largest absolute Gasteiger partial charge is 0.469 e. The van der Waals surface area contributed by atoms with Gasteiger partial charge in [0.2, 0.25) is 0 Å². The number of esters is 1. The number of hydrogen-bond acceptors (Lipinski definition) is 4. The lowest BCUT2D eigenvalue weighted by atomic mass is 9.69. The number of hydrogen-bond donors (Lipinski definition) is 0. The Bertz CT molecular complexity index is 963. The van der Waals surface area contributed by atoms with E-state index in [4.69, 9.17) is 21.1 Å². The average molecular weight is 503 g/mol. The van der Waals surface area contributed by atoms with E-state index in [1.807, 2.05) is 38.1 Å². The highest BCUT2D eigenvalue weighted by atomic mass is 35.5. The van der Waals surface area contributed by atoms with Gasteiger partial charge in [0.1, 0.15) is 5.82 Å². The number of unbranched alkanes of at least 4 members (excludes halogenated alkanes) is 1. The Morgan fingerprint density at radius 2 is 2.03 bits per heavy atom. The van der Waals surface area contributed by atoms with Gasteiger partial charge in [0.15, 0.2) is 5.78 Å². The molecule has 0 aromatic heterocycles. The van der Waals surface area contributed by atoms with Crippen molar-refractivity contribution in [2.45, 2.75) is 63.9 Å². The third kappa shape index (κ3) is 6.92. The molecule has 0 amide bonds. The first-order valence-electron chi connectivity index (χ1n) is 12.4. The van der Waals surface area contributed by atoms with Crippen LogP contribution in [0.15, 0.2) is 59.7 Å². The molecule has 1 aromatic rings. The van der Waals surface area contributed by atoms with Gasteiger partial charge in [0.25, 0.3) is 0 Å². The molecule has 1 saturated carbocycles. The molecule has 2 fully saturated rings. The topological polar surface area (TPSA) is 52.6 Å². The molecule has 1 saturated heterocycles. The van der Waals surface area contributed by atoms with E-state index in [1.165, 1.54) is 19.2 Å². The van der Waals surface area contributed by atoms with E-state index >= 15 is 0 Å². The van der Waals surface area contributed by atoms with Crippen LogP contribution in [0.3, 0.4) is 0 Å². The second-order valence-electron chi connectivity index (χ2n) is 9.77. The predicted octanol–water partition coefficient (Wildman–Crippen LogP) is 6.68. The van der Waals surface area contributed by atoms with Gasteiger partial charge in [-0.1, -0.05) is 55.0 Å². The van der Waals surface area contributed by atoms with Crippen molar-refractivity contribution < 1.29 is 23.5 Å². The number of ketones is 1. The number of carbonyl (C=O) groups excluding carboxylic acids is 2. The quantitative estimate of drug-likeness (QED) is 0.138. The Morgan fingerprint density at radius 3 is 2.71 bits per heavy atom. The molecule has 2 aliphatic rings. The standard InChI is InChI=1S/C29H36ClFO4/c1-20(10-11-21(2)30)26(32)17-16-24-25(8-6-4-5-7-9-28(33)34-3)29(18-27(24)35-19-29)22-12-14-23(31)15-13-22/h4,6,11-17,20,24-25,27H,5,7-10,18-19H2,1-3H3/t20?,24-,25-,27-,29-/m0/s1. The molecule has 4 nitrogen and oxygen atoms in total. The summed E-state index contributed by atoms with van der Waals surface area (Å²) < 4.78 is 24.5. The van der Waals surface area contributed by atoms with Crippen molar-refractivity contribution in [1.82, 2.24) is 0 Å². The molecule has 1 aromatic carbocycles. The summed E-state index contributed by atoms with van der Waals surface area (Å²) in [6.07, 6.45) is 14.2. The highest BCUT2D eigenvalue weighted by molar-refractivity contribution is 6.29. The Kier molecular flexibility index (Phi) is 9.88. The fraction of sp³-hybridized carbons (Fsp3) is 0.517. The monoisotopic (exact) mass is 502 g/mol. The van der Waals surface area contributed by atoms with Gasteiger partial charge < -0.3 is 9.47 Å². The summed E-state index contributed by atoms with van der Waals surface area (Å²) in [6, 6.07) is 6.76. The van der Waals surface area contributed by atoms with Gasteiger partial charge in [-0.05, 0) is 68.7 Å². The molecule has 1 heterocycles. The van der Waals surface area contributed by atoms with Crippen LogP contribution in [0.2, 0.25) is 0 Å². The minimum Gasteiger partial charge on any atom is -0.469 e. The zero-order valence-corrected chi connectivity index (χ0v) is 21.6. The summed E-state index contributed by atoms with van der Waals surface area (Å²) in [5.41, 5.74) is 0.875. The van der Waals surface area contributed by atoms with E-state index in [2.05, 4.69) is 12.2 Å². The maximum atomic E-state index is 13.7. The number of benzene rings is 1. The number of carbonyl (C=O) groups is 2. The molecule has 6 heteroatoms. The molecule has 1 aliphatic heterocycles. The highest BCUT2D eigenvalue weighted by Crippen LogP contribution is 2.57. The van der Waals surface area contributed by atoms with E-state index in [-0.39, 0.29) is 46.8 Å². The first-order valence-corrected chi connectivity index (χ1v) is 12.8. The third-order valence-corrected chi connectivity index (χ3v) is 7.55. The number of fused-ring (bicyclic) bond motifs is 2. The molecular weight excluding hydrogens is 467 g/mol. The highest BCUT2D eigenvalue weighted by Gasteiger charge is 2.58. The number of halogens is 2. The molecule has 3 rings (SSSR count). The van der Waals surface area contributed by atoms with E-state index in [0.29, 0.717) is 24.5 Å². The maximum absolute atomic E-state index is 13.7. The zero-order chi connectivity index (χ0) is 25.4. The van der Waals surface area contributed by atoms with Gasteiger partial charge in [0, 0.05) is 28.7 Å². The Balaban J connectivity index is 1.76. The van der Waals surface area contributed by atoms with Crippen molar-refractivity contribution in [2.24, 2.45) is 17.8 Å². The van der Waals surface area contributed by atoms with Gasteiger partial charge in [0.05, 0.1) is 19.8 Å². The van der Waals surface area contributed by atoms with Crippen LogP contribution in [0.25, 0.3) is 0 Å². The van der Waals surface area contributed by atoms with E-state index in [0.717, 1.165) is 31.2 Å². The summed E-state index contributed by atoms with van der Waals surface area (Å²) in [5, 5.41) is 0.690. The van der Waals surface area contributed by atoms with Crippen molar-refractivity contribution >= 4 is 23.4 Å². The van der Waals surface area contributed by atoms with Crippen LogP contribution in [0.4, 0.5) is 4.39 Å². The molecular formula is C29H36ClFO4. The SMILES string of the molecule is COC(=O)CCCC=CC[C@H]1[C@H](C=CC(=O)C(C)CC=C(C)Cl)[C@@H]2C[C@@]1(c1ccc(F)cc1)CO2. The predicted molar refractivity (Wildman–Crippen MR) is 137 cm³/mol. The van der Waals surface area contributed by atoms with Crippen LogP contribution in [-0.4, -0.2) is 31.6 Å². The van der Waals surface area contributed by atoms with Gasteiger partial charge in [-0.3, -0.25) is 9.59 Å². The number of ether oxygens (including phenoxy) is 2. The van der Waals surface area contributed by atoms with Crippen LogP contribution < -0.4 is 0 Å². The van der Waals surface area contributed by atoms with Crippen LogP contribution in [0.5, 0.6) is 0 Å². The lowest BCUT2D eigenvalue weighted by molar-refractivity contribution is -0.140. The van der Waals surface area contributed by atoms with Crippen LogP contribution in [-0.2, 0) is 24.5 Å². The average Bonchev–Trinajstić information content (AvgIpc) is 3.41. The molecule has 0 radical (unpaired) electrons. The summed E-state index contributed by atoms with van der Waals surface area (Å²) in [7, 11) is 1.40. The van der Waals surface area contributed by atoms with E-state index in [9.17, 15) is 14.0 Å². The zero-order valence-electron chi connectivity index (χ0n) is 20.8. The van der Waals surface area contributed by atoms with Gasteiger partial charge in [-0.25, -0.2) is 4.39 Å². The minimum atomic E-state index is -0.252. The van der Waals surface area contributed by atoms with Gasteiger partial charge in [-0.15, -0.1) is 0 Å². The molecule has 1 aliphatic carbocycles. The lowest BCUT2D eigenvalue weighted by Crippen LogP contribution is -2.39. The summed E-state index contributed by atoms with van der Waals surface area (Å²) in [5.74, 6) is -0.186. The third-order valence-electron chi connectivity index (χ3n) is 7.40. The summed E-state index contributed by atoms with van der Waals surface area (Å²) >= 11 is 5.92. The van der Waals surface area contributed by atoms with Crippen LogP contribution in [0, 0.1) is 23.6 Å². The first-order chi connectivity index (χ1) is 16.8. The van der Waals surface area contributed by atoms with Crippen molar-refractivity contribution in [3.05, 3.63) is 71.1 Å². The maximum Gasteiger partial charge on any atom is 0.305 e. The van der Waals surface area contributed by atoms with Crippen molar-refractivity contribution in [3.63, 3.8) is 0 Å². The number of rotatable bonds is 12. The first kappa shape index (κ1) is 27.3. The molecule has 2 bridgehead atoms. The normalized spacial score (nSPS) is 27.1. The molecule has 5 atom stereocenters. The fourth-order valence-electron chi connectivity index (χ4n) is 5.36. The van der Waals surface area contributed by atoms with E-state index in [1.54, 1.807) is 6.08 Å². The molecule has 1 unspecified atom stereocenters. The summed E-state index contributed by atoms with van der Waals surface area (Å²) in [4.78, 5) is 24.1. The van der Waals surface area contributed by atoms with Crippen LogP contribution in [0.1, 0.15) is 57.9 Å². The molecule has 0 spiro atoms. The van der Waals surface area contributed by atoms with Gasteiger partial charge in [-0.2, -0.15) is 0 Å².